The summed E-state index contributed by atoms with van der Waals surface area (Å²) in [6, 6.07) is 14.6. The lowest BCUT2D eigenvalue weighted by molar-refractivity contribution is 0.0697. The summed E-state index contributed by atoms with van der Waals surface area (Å²) in [6.07, 6.45) is 0. The van der Waals surface area contributed by atoms with E-state index in [0.717, 1.165) is 5.56 Å². The lowest BCUT2D eigenvalue weighted by atomic mass is 9.99. The molecule has 2 rings (SSSR count). The van der Waals surface area contributed by atoms with Crippen LogP contribution in [0.4, 0.5) is 0 Å². The van der Waals surface area contributed by atoms with Crippen LogP contribution in [0.5, 0.6) is 5.75 Å². The van der Waals surface area contributed by atoms with Crippen LogP contribution >= 0.6 is 0 Å². The van der Waals surface area contributed by atoms with Gasteiger partial charge in [0.1, 0.15) is 5.75 Å². The molecule has 0 atom stereocenters. The van der Waals surface area contributed by atoms with Crippen molar-refractivity contribution in [3.63, 3.8) is 0 Å². The van der Waals surface area contributed by atoms with E-state index in [1.54, 1.807) is 18.2 Å². The molecule has 0 heterocycles. The molecular formula is C15H14O3. The fourth-order valence-electron chi connectivity index (χ4n) is 1.83. The van der Waals surface area contributed by atoms with Crippen molar-refractivity contribution in [1.29, 1.82) is 0 Å². The zero-order chi connectivity index (χ0) is 13.0. The van der Waals surface area contributed by atoms with Gasteiger partial charge in [-0.2, -0.15) is 0 Å². The Morgan fingerprint density at radius 2 is 1.89 bits per heavy atom. The number of rotatable bonds is 4. The van der Waals surface area contributed by atoms with Gasteiger partial charge in [0, 0.05) is 0 Å². The smallest absolute Gasteiger partial charge is 0.336 e. The highest BCUT2D eigenvalue weighted by atomic mass is 16.5. The Morgan fingerprint density at radius 1 is 1.17 bits per heavy atom. The Hall–Kier alpha value is -2.29. The highest BCUT2D eigenvalue weighted by molar-refractivity contribution is 5.96. The second-order valence-electron chi connectivity index (χ2n) is 3.81. The second-order valence-corrected chi connectivity index (χ2v) is 3.81. The number of hydrogen-bond donors (Lipinski definition) is 1. The van der Waals surface area contributed by atoms with E-state index in [-0.39, 0.29) is 5.56 Å². The van der Waals surface area contributed by atoms with Crippen molar-refractivity contribution in [2.45, 2.75) is 6.92 Å². The average Bonchev–Trinajstić information content (AvgIpc) is 2.40. The molecule has 0 saturated heterocycles. The van der Waals surface area contributed by atoms with Crippen molar-refractivity contribution < 1.29 is 14.6 Å². The summed E-state index contributed by atoms with van der Waals surface area (Å²) in [5.41, 5.74) is 1.84. The molecule has 0 amide bonds. The summed E-state index contributed by atoms with van der Waals surface area (Å²) in [5, 5.41) is 9.26. The van der Waals surface area contributed by atoms with Crippen LogP contribution in [0.2, 0.25) is 0 Å². The predicted molar refractivity (Wildman–Crippen MR) is 70.0 cm³/mol. The van der Waals surface area contributed by atoms with Crippen LogP contribution in [-0.4, -0.2) is 17.7 Å². The SMILES string of the molecule is CCOc1ccc(-c2ccccc2)c(C(=O)O)c1. The molecule has 0 aliphatic heterocycles. The Kier molecular flexibility index (Phi) is 3.63. The summed E-state index contributed by atoms with van der Waals surface area (Å²) < 4.78 is 5.32. The number of benzene rings is 2. The van der Waals surface area contributed by atoms with Crippen LogP contribution in [0.1, 0.15) is 17.3 Å². The van der Waals surface area contributed by atoms with E-state index >= 15 is 0 Å². The van der Waals surface area contributed by atoms with Crippen LogP contribution in [0.3, 0.4) is 0 Å². The molecular weight excluding hydrogens is 228 g/mol. The maximum Gasteiger partial charge on any atom is 0.336 e. The number of carbonyl (C=O) groups is 1. The molecule has 0 spiro atoms. The number of aromatic carboxylic acids is 1. The molecule has 2 aromatic rings. The van der Waals surface area contributed by atoms with Gasteiger partial charge in [0.25, 0.3) is 0 Å². The first-order valence-corrected chi connectivity index (χ1v) is 5.78. The molecule has 92 valence electrons. The summed E-state index contributed by atoms with van der Waals surface area (Å²) in [5.74, 6) is -0.370. The van der Waals surface area contributed by atoms with Crippen molar-refractivity contribution in [1.82, 2.24) is 0 Å². The minimum absolute atomic E-state index is 0.257. The third-order valence-electron chi connectivity index (χ3n) is 2.62. The molecule has 0 fully saturated rings. The standard InChI is InChI=1S/C15H14O3/c1-2-18-12-8-9-13(14(10-12)15(16)17)11-6-4-3-5-7-11/h3-10H,2H2,1H3,(H,16,17). The summed E-state index contributed by atoms with van der Waals surface area (Å²) in [4.78, 5) is 11.3. The van der Waals surface area contributed by atoms with Gasteiger partial charge in [0.2, 0.25) is 0 Å². The molecule has 0 aliphatic rings. The molecule has 0 unspecified atom stereocenters. The molecule has 0 saturated carbocycles. The zero-order valence-corrected chi connectivity index (χ0v) is 10.1. The molecule has 0 aliphatic carbocycles. The first-order valence-electron chi connectivity index (χ1n) is 5.78. The molecule has 3 nitrogen and oxygen atoms in total. The quantitative estimate of drug-likeness (QED) is 0.893. The third kappa shape index (κ3) is 2.51. The predicted octanol–water partition coefficient (Wildman–Crippen LogP) is 3.45. The van der Waals surface area contributed by atoms with Gasteiger partial charge in [-0.15, -0.1) is 0 Å². The Bertz CT molecular complexity index is 547. The van der Waals surface area contributed by atoms with Crippen molar-refractivity contribution >= 4 is 5.97 Å². The Balaban J connectivity index is 2.51. The fraction of sp³-hybridized carbons (Fsp3) is 0.133. The highest BCUT2D eigenvalue weighted by Gasteiger charge is 2.12. The molecule has 0 radical (unpaired) electrons. The van der Waals surface area contributed by atoms with Crippen LogP contribution in [0.25, 0.3) is 11.1 Å². The van der Waals surface area contributed by atoms with E-state index in [1.807, 2.05) is 37.3 Å². The highest BCUT2D eigenvalue weighted by Crippen LogP contribution is 2.27. The maximum absolute atomic E-state index is 11.3. The van der Waals surface area contributed by atoms with Gasteiger partial charge < -0.3 is 9.84 Å². The molecule has 3 heteroatoms. The minimum atomic E-state index is -0.949. The summed E-state index contributed by atoms with van der Waals surface area (Å²) >= 11 is 0. The van der Waals surface area contributed by atoms with E-state index < -0.39 is 5.97 Å². The minimum Gasteiger partial charge on any atom is -0.494 e. The third-order valence-corrected chi connectivity index (χ3v) is 2.62. The number of hydrogen-bond acceptors (Lipinski definition) is 2. The molecule has 18 heavy (non-hydrogen) atoms. The lowest BCUT2D eigenvalue weighted by Gasteiger charge is -2.09. The molecule has 0 aromatic heterocycles. The van der Waals surface area contributed by atoms with Crippen molar-refractivity contribution in [3.05, 3.63) is 54.1 Å². The maximum atomic E-state index is 11.3. The summed E-state index contributed by atoms with van der Waals surface area (Å²) in [6.45, 7) is 2.38. The molecule has 2 aromatic carbocycles. The van der Waals surface area contributed by atoms with Gasteiger partial charge in [-0.3, -0.25) is 0 Å². The monoisotopic (exact) mass is 242 g/mol. The summed E-state index contributed by atoms with van der Waals surface area (Å²) in [7, 11) is 0. The van der Waals surface area contributed by atoms with Crippen LogP contribution in [-0.2, 0) is 0 Å². The Labute approximate surface area is 106 Å². The van der Waals surface area contributed by atoms with E-state index in [0.29, 0.717) is 17.9 Å². The molecule has 1 N–H and O–H groups in total. The van der Waals surface area contributed by atoms with E-state index in [4.69, 9.17) is 4.74 Å². The topological polar surface area (TPSA) is 46.5 Å². The fourth-order valence-corrected chi connectivity index (χ4v) is 1.83. The normalized spacial score (nSPS) is 10.1. The van der Waals surface area contributed by atoms with Crippen LogP contribution in [0, 0.1) is 0 Å². The Morgan fingerprint density at radius 3 is 2.50 bits per heavy atom. The van der Waals surface area contributed by atoms with Crippen molar-refractivity contribution in [3.8, 4) is 16.9 Å². The average molecular weight is 242 g/mol. The van der Waals surface area contributed by atoms with Crippen molar-refractivity contribution in [2.24, 2.45) is 0 Å². The number of ether oxygens (including phenoxy) is 1. The van der Waals surface area contributed by atoms with Gasteiger partial charge in [-0.25, -0.2) is 4.79 Å². The van der Waals surface area contributed by atoms with Crippen molar-refractivity contribution in [2.75, 3.05) is 6.61 Å². The van der Waals surface area contributed by atoms with Gasteiger partial charge in [0.05, 0.1) is 12.2 Å². The van der Waals surface area contributed by atoms with Gasteiger partial charge >= 0.3 is 5.97 Å². The molecule has 0 bridgehead atoms. The van der Waals surface area contributed by atoms with Gasteiger partial charge in [-0.1, -0.05) is 30.3 Å². The number of carboxylic acids is 1. The van der Waals surface area contributed by atoms with Crippen LogP contribution < -0.4 is 4.74 Å². The largest absolute Gasteiger partial charge is 0.494 e. The lowest BCUT2D eigenvalue weighted by Crippen LogP contribution is -2.01. The van der Waals surface area contributed by atoms with Crippen LogP contribution in [0.15, 0.2) is 48.5 Å². The van der Waals surface area contributed by atoms with E-state index in [1.165, 1.54) is 0 Å². The van der Waals surface area contributed by atoms with Gasteiger partial charge in [0.15, 0.2) is 0 Å². The first kappa shape index (κ1) is 12.2. The zero-order valence-electron chi connectivity index (χ0n) is 10.1. The number of carboxylic acid groups (broad SMARTS) is 1. The van der Waals surface area contributed by atoms with E-state index in [9.17, 15) is 9.90 Å². The second kappa shape index (κ2) is 5.36. The van der Waals surface area contributed by atoms with Gasteiger partial charge in [-0.05, 0) is 36.2 Å². The van der Waals surface area contributed by atoms with E-state index in [2.05, 4.69) is 0 Å². The first-order chi connectivity index (χ1) is 8.72.